The molecule has 8 heteroatoms. The van der Waals surface area contributed by atoms with Crippen LogP contribution in [0.4, 0.5) is 4.39 Å². The van der Waals surface area contributed by atoms with Gasteiger partial charge in [0.25, 0.3) is 0 Å². The van der Waals surface area contributed by atoms with E-state index in [0.29, 0.717) is 30.6 Å². The van der Waals surface area contributed by atoms with E-state index < -0.39 is 10.0 Å². The minimum atomic E-state index is -3.39. The number of rotatable bonds is 6. The number of amides is 1. The lowest BCUT2D eigenvalue weighted by Gasteiger charge is -2.28. The van der Waals surface area contributed by atoms with E-state index in [2.05, 4.69) is 9.71 Å². The highest BCUT2D eigenvalue weighted by atomic mass is 32.2. The van der Waals surface area contributed by atoms with Gasteiger partial charge in [0.15, 0.2) is 0 Å². The highest BCUT2D eigenvalue weighted by molar-refractivity contribution is 7.88. The van der Waals surface area contributed by atoms with Crippen molar-refractivity contribution in [2.75, 3.05) is 12.8 Å². The first-order chi connectivity index (χ1) is 13.8. The number of hydrogen-bond donors (Lipinski definition) is 1. The van der Waals surface area contributed by atoms with Crippen LogP contribution in [0.3, 0.4) is 0 Å². The molecule has 2 aliphatic rings. The molecule has 1 aliphatic carbocycles. The number of halogens is 1. The molecular weight excluding hydrogens is 393 g/mol. The number of sulfonamides is 1. The van der Waals surface area contributed by atoms with Crippen molar-refractivity contribution in [1.82, 2.24) is 14.6 Å². The molecule has 1 saturated carbocycles. The van der Waals surface area contributed by atoms with Crippen molar-refractivity contribution in [1.29, 1.82) is 0 Å². The summed E-state index contributed by atoms with van der Waals surface area (Å²) in [4.78, 5) is 19.2. The molecule has 0 spiro atoms. The number of nitrogens with one attached hydrogen (secondary N) is 1. The Labute approximate surface area is 170 Å². The number of pyridine rings is 1. The van der Waals surface area contributed by atoms with Crippen LogP contribution in [0.2, 0.25) is 0 Å². The molecule has 2 fully saturated rings. The minimum absolute atomic E-state index is 0.0704. The molecule has 4 rings (SSSR count). The van der Waals surface area contributed by atoms with Crippen molar-refractivity contribution in [3.8, 4) is 11.3 Å². The van der Waals surface area contributed by atoms with E-state index >= 15 is 0 Å². The molecule has 29 heavy (non-hydrogen) atoms. The molecule has 1 saturated heterocycles. The quantitative estimate of drug-likeness (QED) is 0.783. The number of aromatic nitrogens is 1. The first kappa shape index (κ1) is 20.0. The fraction of sp³-hybridized carbons (Fsp3) is 0.429. The van der Waals surface area contributed by atoms with Gasteiger partial charge in [-0.1, -0.05) is 18.2 Å². The second-order valence-electron chi connectivity index (χ2n) is 7.89. The Morgan fingerprint density at radius 3 is 2.66 bits per heavy atom. The average Bonchev–Trinajstić information content (AvgIpc) is 3.45. The van der Waals surface area contributed by atoms with Gasteiger partial charge in [0.1, 0.15) is 5.82 Å². The standard InChI is InChI=1S/C21H24FN3O3S/c1-29(27,28)24-19-10-11-25(21(26)14-8-9-14)20(19)13-17-6-3-7-18(23-17)15-4-2-5-16(22)12-15/h2-7,12,14,19-20,24H,8-11,13H2,1H3/t19-,20-/m0/s1. The van der Waals surface area contributed by atoms with E-state index in [0.717, 1.165) is 24.8 Å². The summed E-state index contributed by atoms with van der Waals surface area (Å²) in [5.74, 6) is -0.153. The van der Waals surface area contributed by atoms with Crippen molar-refractivity contribution < 1.29 is 17.6 Å². The van der Waals surface area contributed by atoms with Crippen molar-refractivity contribution in [3.63, 3.8) is 0 Å². The van der Waals surface area contributed by atoms with Crippen molar-refractivity contribution in [2.24, 2.45) is 5.92 Å². The Hall–Kier alpha value is -2.32. The second-order valence-corrected chi connectivity index (χ2v) is 9.67. The van der Waals surface area contributed by atoms with Crippen LogP contribution in [0.15, 0.2) is 42.5 Å². The molecular formula is C21H24FN3O3S. The van der Waals surface area contributed by atoms with Crippen molar-refractivity contribution >= 4 is 15.9 Å². The molecule has 6 nitrogen and oxygen atoms in total. The van der Waals surface area contributed by atoms with Crippen LogP contribution in [0, 0.1) is 11.7 Å². The SMILES string of the molecule is CS(=O)(=O)N[C@H]1CCN(C(=O)C2CC2)[C@H]1Cc1cccc(-c2cccc(F)c2)n1. The number of hydrogen-bond acceptors (Lipinski definition) is 4. The minimum Gasteiger partial charge on any atom is -0.337 e. The average molecular weight is 418 g/mol. The van der Waals surface area contributed by atoms with E-state index in [4.69, 9.17) is 0 Å². The lowest BCUT2D eigenvalue weighted by atomic mass is 10.0. The van der Waals surface area contributed by atoms with Crippen LogP contribution < -0.4 is 4.72 Å². The van der Waals surface area contributed by atoms with Crippen molar-refractivity contribution in [3.05, 3.63) is 54.0 Å². The summed E-state index contributed by atoms with van der Waals surface area (Å²) < 4.78 is 39.9. The van der Waals surface area contributed by atoms with E-state index in [1.165, 1.54) is 12.1 Å². The van der Waals surface area contributed by atoms with Crippen LogP contribution in [-0.4, -0.2) is 49.1 Å². The van der Waals surface area contributed by atoms with Gasteiger partial charge in [0, 0.05) is 36.2 Å². The predicted molar refractivity (Wildman–Crippen MR) is 108 cm³/mol. The summed E-state index contributed by atoms with van der Waals surface area (Å²) in [6, 6.07) is 11.1. The molecule has 2 atom stereocenters. The van der Waals surface area contributed by atoms with Gasteiger partial charge >= 0.3 is 0 Å². The molecule has 154 valence electrons. The highest BCUT2D eigenvalue weighted by Crippen LogP contribution is 2.34. The Morgan fingerprint density at radius 2 is 1.97 bits per heavy atom. The maximum absolute atomic E-state index is 13.6. The van der Waals surface area contributed by atoms with Crippen molar-refractivity contribution in [2.45, 2.75) is 37.8 Å². The van der Waals surface area contributed by atoms with E-state index in [1.54, 1.807) is 12.1 Å². The zero-order chi connectivity index (χ0) is 20.6. The number of nitrogens with zero attached hydrogens (tertiary/aromatic N) is 2. The third-order valence-electron chi connectivity index (χ3n) is 5.47. The number of carbonyl (C=O) groups is 1. The molecule has 2 heterocycles. The van der Waals surface area contributed by atoms with Crippen LogP contribution in [0.5, 0.6) is 0 Å². The first-order valence-corrected chi connectivity index (χ1v) is 11.7. The highest BCUT2D eigenvalue weighted by Gasteiger charge is 2.43. The Kier molecular flexibility index (Phi) is 5.40. The van der Waals surface area contributed by atoms with E-state index in [1.807, 2.05) is 23.1 Å². The topological polar surface area (TPSA) is 79.4 Å². The number of likely N-dealkylation sites (tertiary alicyclic amines) is 1. The Morgan fingerprint density at radius 1 is 1.21 bits per heavy atom. The molecule has 0 radical (unpaired) electrons. The molecule has 1 aliphatic heterocycles. The maximum atomic E-state index is 13.6. The van der Waals surface area contributed by atoms with Gasteiger partial charge in [-0.05, 0) is 43.5 Å². The molecule has 2 aromatic rings. The summed E-state index contributed by atoms with van der Waals surface area (Å²) in [5, 5.41) is 0. The molecule has 1 N–H and O–H groups in total. The van der Waals surface area contributed by atoms with Crippen LogP contribution >= 0.6 is 0 Å². The second kappa shape index (κ2) is 7.84. The zero-order valence-electron chi connectivity index (χ0n) is 16.2. The molecule has 1 aromatic heterocycles. The Bertz CT molecular complexity index is 1020. The van der Waals surface area contributed by atoms with E-state index in [9.17, 15) is 17.6 Å². The monoisotopic (exact) mass is 417 g/mol. The summed E-state index contributed by atoms with van der Waals surface area (Å²) in [7, 11) is -3.39. The van der Waals surface area contributed by atoms with Gasteiger partial charge in [-0.3, -0.25) is 9.78 Å². The third-order valence-corrected chi connectivity index (χ3v) is 6.20. The molecule has 0 bridgehead atoms. The zero-order valence-corrected chi connectivity index (χ0v) is 17.0. The summed E-state index contributed by atoms with van der Waals surface area (Å²) in [6.07, 6.45) is 3.96. The summed E-state index contributed by atoms with van der Waals surface area (Å²) in [5.41, 5.74) is 2.07. The normalized spacial score (nSPS) is 22.1. The van der Waals surface area contributed by atoms with Crippen LogP contribution in [-0.2, 0) is 21.2 Å². The fourth-order valence-electron chi connectivity index (χ4n) is 3.97. The number of benzene rings is 1. The van der Waals surface area contributed by atoms with Gasteiger partial charge < -0.3 is 4.90 Å². The molecule has 0 unspecified atom stereocenters. The molecule has 1 amide bonds. The first-order valence-electron chi connectivity index (χ1n) is 9.80. The van der Waals surface area contributed by atoms with Gasteiger partial charge in [0.05, 0.1) is 18.0 Å². The largest absolute Gasteiger partial charge is 0.337 e. The summed E-state index contributed by atoms with van der Waals surface area (Å²) >= 11 is 0. The molecule has 1 aromatic carbocycles. The lowest BCUT2D eigenvalue weighted by molar-refractivity contribution is -0.133. The van der Waals surface area contributed by atoms with Gasteiger partial charge in [0.2, 0.25) is 15.9 Å². The number of carbonyl (C=O) groups excluding carboxylic acids is 1. The Balaban J connectivity index is 1.60. The maximum Gasteiger partial charge on any atom is 0.225 e. The lowest BCUT2D eigenvalue weighted by Crippen LogP contribution is -2.48. The summed E-state index contributed by atoms with van der Waals surface area (Å²) in [6.45, 7) is 0.538. The van der Waals surface area contributed by atoms with Gasteiger partial charge in [-0.2, -0.15) is 0 Å². The third kappa shape index (κ3) is 4.82. The predicted octanol–water partition coefficient (Wildman–Crippen LogP) is 2.36. The van der Waals surface area contributed by atoms with E-state index in [-0.39, 0.29) is 29.7 Å². The fourth-order valence-corrected chi connectivity index (χ4v) is 4.80. The van der Waals surface area contributed by atoms with Gasteiger partial charge in [-0.15, -0.1) is 0 Å². The smallest absolute Gasteiger partial charge is 0.225 e. The van der Waals surface area contributed by atoms with Crippen LogP contribution in [0.1, 0.15) is 25.0 Å². The van der Waals surface area contributed by atoms with Crippen LogP contribution in [0.25, 0.3) is 11.3 Å². The van der Waals surface area contributed by atoms with Gasteiger partial charge in [-0.25, -0.2) is 17.5 Å².